The van der Waals surface area contributed by atoms with Crippen molar-refractivity contribution in [2.75, 3.05) is 26.3 Å². The third kappa shape index (κ3) is 2.38. The molecule has 0 spiro atoms. The van der Waals surface area contributed by atoms with Gasteiger partial charge in [0.2, 0.25) is 0 Å². The van der Waals surface area contributed by atoms with E-state index in [-0.39, 0.29) is 6.03 Å². The van der Waals surface area contributed by atoms with Crippen molar-refractivity contribution in [2.24, 2.45) is 0 Å². The van der Waals surface area contributed by atoms with Crippen LogP contribution in [0, 0.1) is 0 Å². The smallest absolute Gasteiger partial charge is 0.339 e. The van der Waals surface area contributed by atoms with Crippen LogP contribution in [-0.4, -0.2) is 43.3 Å². The van der Waals surface area contributed by atoms with Crippen molar-refractivity contribution in [1.82, 2.24) is 10.2 Å². The van der Waals surface area contributed by atoms with E-state index in [2.05, 4.69) is 5.32 Å². The molecule has 2 aliphatic rings. The van der Waals surface area contributed by atoms with Gasteiger partial charge in [-0.1, -0.05) is 12.8 Å². The molecular formula is C10H17N2O2. The highest BCUT2D eigenvalue weighted by atomic mass is 16.5. The number of amides is 2. The van der Waals surface area contributed by atoms with Crippen LogP contribution < -0.4 is 5.32 Å². The second-order valence-electron chi connectivity index (χ2n) is 3.95. The van der Waals surface area contributed by atoms with E-state index < -0.39 is 0 Å². The van der Waals surface area contributed by atoms with E-state index in [1.54, 1.807) is 4.90 Å². The molecule has 1 radical (unpaired) electrons. The fraction of sp³-hybridized carbons (Fsp3) is 0.900. The summed E-state index contributed by atoms with van der Waals surface area (Å²) in [5, 5.41) is 4.23. The summed E-state index contributed by atoms with van der Waals surface area (Å²) in [7, 11) is 0. The maximum Gasteiger partial charge on any atom is 0.339 e. The monoisotopic (exact) mass is 197 g/mol. The van der Waals surface area contributed by atoms with Crippen molar-refractivity contribution < 1.29 is 9.53 Å². The number of nitrogens with zero attached hydrogens (tertiary/aromatic N) is 2. The van der Waals surface area contributed by atoms with Crippen LogP contribution in [0.5, 0.6) is 0 Å². The Morgan fingerprint density at radius 3 is 2.50 bits per heavy atom. The number of rotatable bonds is 1. The molecule has 0 atom stereocenters. The minimum atomic E-state index is -0.0276. The Bertz CT molecular complexity index is 196. The van der Waals surface area contributed by atoms with E-state index in [1.165, 1.54) is 12.8 Å². The van der Waals surface area contributed by atoms with Gasteiger partial charge in [-0.25, -0.2) is 10.1 Å². The van der Waals surface area contributed by atoms with Crippen molar-refractivity contribution in [3.8, 4) is 0 Å². The molecule has 4 heteroatoms. The molecular weight excluding hydrogens is 180 g/mol. The molecule has 0 aromatic carbocycles. The topological polar surface area (TPSA) is 43.6 Å². The predicted molar refractivity (Wildman–Crippen MR) is 52.2 cm³/mol. The van der Waals surface area contributed by atoms with Crippen LogP contribution in [0.1, 0.15) is 25.7 Å². The highest BCUT2D eigenvalue weighted by Crippen LogP contribution is 2.18. The highest BCUT2D eigenvalue weighted by Gasteiger charge is 2.23. The summed E-state index contributed by atoms with van der Waals surface area (Å²) in [6.07, 6.45) is 4.64. The van der Waals surface area contributed by atoms with Gasteiger partial charge in [0.05, 0.1) is 19.3 Å². The van der Waals surface area contributed by atoms with Gasteiger partial charge in [0.15, 0.2) is 0 Å². The predicted octanol–water partition coefficient (Wildman–Crippen LogP) is 0.986. The Morgan fingerprint density at radius 2 is 1.86 bits per heavy atom. The van der Waals surface area contributed by atoms with Gasteiger partial charge in [0.1, 0.15) is 0 Å². The molecule has 1 saturated heterocycles. The Labute approximate surface area is 84.6 Å². The zero-order chi connectivity index (χ0) is 9.80. The molecule has 2 rings (SSSR count). The summed E-state index contributed by atoms with van der Waals surface area (Å²) in [5.41, 5.74) is 0. The van der Waals surface area contributed by atoms with E-state index in [0.29, 0.717) is 32.3 Å². The zero-order valence-corrected chi connectivity index (χ0v) is 8.45. The third-order valence-corrected chi connectivity index (χ3v) is 2.90. The Morgan fingerprint density at radius 1 is 1.21 bits per heavy atom. The first kappa shape index (κ1) is 9.77. The molecule has 1 aliphatic carbocycles. The van der Waals surface area contributed by atoms with Gasteiger partial charge in [0.25, 0.3) is 0 Å². The van der Waals surface area contributed by atoms with Crippen molar-refractivity contribution in [1.29, 1.82) is 0 Å². The number of urea groups is 1. The first-order valence-corrected chi connectivity index (χ1v) is 5.44. The second kappa shape index (κ2) is 4.64. The second-order valence-corrected chi connectivity index (χ2v) is 3.95. The SMILES string of the molecule is O=C([N]C1CCCC1)N1CCOCC1. The van der Waals surface area contributed by atoms with Crippen LogP contribution in [-0.2, 0) is 4.74 Å². The first-order valence-electron chi connectivity index (χ1n) is 5.44. The molecule has 1 aliphatic heterocycles. The normalized spacial score (nSPS) is 23.9. The maximum atomic E-state index is 11.7. The van der Waals surface area contributed by atoms with Crippen LogP contribution in [0.2, 0.25) is 0 Å². The summed E-state index contributed by atoms with van der Waals surface area (Å²) < 4.78 is 5.18. The molecule has 1 saturated carbocycles. The number of carbonyl (C=O) groups is 1. The van der Waals surface area contributed by atoms with Crippen LogP contribution in [0.3, 0.4) is 0 Å². The average molecular weight is 197 g/mol. The minimum absolute atomic E-state index is 0.0276. The molecule has 0 unspecified atom stereocenters. The Kier molecular flexibility index (Phi) is 3.24. The Balaban J connectivity index is 1.75. The fourth-order valence-corrected chi connectivity index (χ4v) is 2.03. The van der Waals surface area contributed by atoms with Crippen molar-refractivity contribution in [2.45, 2.75) is 31.7 Å². The Hall–Kier alpha value is -0.770. The van der Waals surface area contributed by atoms with Gasteiger partial charge in [-0.15, -0.1) is 0 Å². The number of hydrogen-bond donors (Lipinski definition) is 0. The van der Waals surface area contributed by atoms with E-state index in [9.17, 15) is 4.79 Å². The summed E-state index contributed by atoms with van der Waals surface area (Å²) >= 11 is 0. The molecule has 14 heavy (non-hydrogen) atoms. The molecule has 0 aromatic rings. The van der Waals surface area contributed by atoms with Gasteiger partial charge in [-0.05, 0) is 12.8 Å². The third-order valence-electron chi connectivity index (χ3n) is 2.90. The number of carbonyl (C=O) groups excluding carboxylic acids is 1. The maximum absolute atomic E-state index is 11.7. The van der Waals surface area contributed by atoms with Crippen molar-refractivity contribution in [3.05, 3.63) is 0 Å². The van der Waals surface area contributed by atoms with Gasteiger partial charge < -0.3 is 9.64 Å². The highest BCUT2D eigenvalue weighted by molar-refractivity contribution is 5.74. The van der Waals surface area contributed by atoms with Crippen LogP contribution >= 0.6 is 0 Å². The lowest BCUT2D eigenvalue weighted by molar-refractivity contribution is 0.0523. The summed E-state index contributed by atoms with van der Waals surface area (Å²) in [6.45, 7) is 2.72. The molecule has 2 amide bonds. The van der Waals surface area contributed by atoms with Crippen molar-refractivity contribution >= 4 is 6.03 Å². The van der Waals surface area contributed by atoms with Gasteiger partial charge >= 0.3 is 6.03 Å². The van der Waals surface area contributed by atoms with E-state index in [0.717, 1.165) is 12.8 Å². The summed E-state index contributed by atoms with van der Waals surface area (Å²) in [4.78, 5) is 13.5. The van der Waals surface area contributed by atoms with Crippen LogP contribution in [0.4, 0.5) is 4.79 Å². The van der Waals surface area contributed by atoms with Crippen LogP contribution in [0.25, 0.3) is 0 Å². The van der Waals surface area contributed by atoms with Crippen LogP contribution in [0.15, 0.2) is 0 Å². The molecule has 4 nitrogen and oxygen atoms in total. The summed E-state index contributed by atoms with van der Waals surface area (Å²) in [5.74, 6) is 0. The first-order chi connectivity index (χ1) is 6.86. The van der Waals surface area contributed by atoms with E-state index in [1.807, 2.05) is 0 Å². The molecule has 2 fully saturated rings. The number of hydrogen-bond acceptors (Lipinski definition) is 2. The lowest BCUT2D eigenvalue weighted by atomic mass is 10.2. The molecule has 1 heterocycles. The van der Waals surface area contributed by atoms with Gasteiger partial charge in [-0.3, -0.25) is 0 Å². The molecule has 79 valence electrons. The van der Waals surface area contributed by atoms with Gasteiger partial charge in [-0.2, -0.15) is 0 Å². The number of morpholine rings is 1. The number of ether oxygens (including phenoxy) is 1. The lowest BCUT2D eigenvalue weighted by Gasteiger charge is -2.27. The fourth-order valence-electron chi connectivity index (χ4n) is 2.03. The zero-order valence-electron chi connectivity index (χ0n) is 8.45. The molecule has 0 bridgehead atoms. The summed E-state index contributed by atoms with van der Waals surface area (Å²) in [6, 6.07) is 0.269. The van der Waals surface area contributed by atoms with E-state index in [4.69, 9.17) is 4.74 Å². The quantitative estimate of drug-likeness (QED) is 0.629. The minimum Gasteiger partial charge on any atom is -0.378 e. The molecule has 0 aromatic heterocycles. The largest absolute Gasteiger partial charge is 0.378 e. The molecule has 0 N–H and O–H groups in total. The van der Waals surface area contributed by atoms with Gasteiger partial charge in [0, 0.05) is 13.1 Å². The van der Waals surface area contributed by atoms with E-state index >= 15 is 0 Å². The van der Waals surface area contributed by atoms with Crippen molar-refractivity contribution in [3.63, 3.8) is 0 Å². The average Bonchev–Trinajstić information content (AvgIpc) is 2.72. The lowest BCUT2D eigenvalue weighted by Crippen LogP contribution is -2.45. The standard InChI is InChI=1S/C10H17N2O2/c13-10(11-9-3-1-2-4-9)12-5-7-14-8-6-12/h9H,1-8H2.